The van der Waals surface area contributed by atoms with Gasteiger partial charge in [0.1, 0.15) is 18.2 Å². The van der Waals surface area contributed by atoms with Gasteiger partial charge in [0.2, 0.25) is 0 Å². The Morgan fingerprint density at radius 2 is 1.73 bits per heavy atom. The van der Waals surface area contributed by atoms with E-state index >= 15 is 0 Å². The van der Waals surface area contributed by atoms with Gasteiger partial charge in [0, 0.05) is 23.2 Å². The molecule has 1 N–H and O–H groups in total. The van der Waals surface area contributed by atoms with Crippen LogP contribution in [0.1, 0.15) is 63.5 Å². The van der Waals surface area contributed by atoms with E-state index in [-0.39, 0.29) is 11.4 Å². The van der Waals surface area contributed by atoms with Gasteiger partial charge in [-0.05, 0) is 73.5 Å². The predicted octanol–water partition coefficient (Wildman–Crippen LogP) is 6.90. The Kier molecular flexibility index (Phi) is 4.91. The second-order valence-corrected chi connectivity index (χ2v) is 11.3. The lowest BCUT2D eigenvalue weighted by molar-refractivity contribution is -0.118. The Hall–Kier alpha value is -1.58. The van der Waals surface area contributed by atoms with Gasteiger partial charge < -0.3 is 10.1 Å². The third-order valence-corrected chi connectivity index (χ3v) is 8.00. The molecule has 4 fully saturated rings. The van der Waals surface area contributed by atoms with E-state index in [1.807, 2.05) is 12.1 Å². The first kappa shape index (κ1) is 20.3. The lowest BCUT2D eigenvalue weighted by atomic mass is 9.43. The molecule has 0 saturated heterocycles. The second kappa shape index (κ2) is 7.24. The molecule has 0 aromatic heterocycles. The molecule has 30 heavy (non-hydrogen) atoms. The van der Waals surface area contributed by atoms with Crippen LogP contribution in [0, 0.1) is 22.6 Å². The zero-order valence-electron chi connectivity index (χ0n) is 17.9. The van der Waals surface area contributed by atoms with Gasteiger partial charge >= 0.3 is 0 Å². The maximum absolute atomic E-state index is 13.3. The van der Waals surface area contributed by atoms with Crippen LogP contribution >= 0.6 is 11.6 Å². The zero-order valence-corrected chi connectivity index (χ0v) is 18.7. The predicted molar refractivity (Wildman–Crippen MR) is 119 cm³/mol. The highest BCUT2D eigenvalue weighted by atomic mass is 35.5. The molecule has 0 amide bonds. The summed E-state index contributed by atoms with van der Waals surface area (Å²) in [6.07, 6.45) is 8.10. The molecule has 4 heteroatoms. The smallest absolute Gasteiger partial charge is 0.124 e. The molecule has 4 aliphatic rings. The highest BCUT2D eigenvalue weighted by Gasteiger charge is 2.59. The molecule has 0 radical (unpaired) electrons. The van der Waals surface area contributed by atoms with Crippen LogP contribution < -0.4 is 10.1 Å². The Morgan fingerprint density at radius 1 is 1.00 bits per heavy atom. The van der Waals surface area contributed by atoms with Crippen molar-refractivity contribution in [1.29, 1.82) is 0 Å². The van der Waals surface area contributed by atoms with Crippen LogP contribution in [0.3, 0.4) is 0 Å². The summed E-state index contributed by atoms with van der Waals surface area (Å²) < 4.78 is 19.4. The molecule has 2 nitrogen and oxygen atoms in total. The first-order valence-corrected chi connectivity index (χ1v) is 11.5. The van der Waals surface area contributed by atoms with Crippen LogP contribution in [0.5, 0.6) is 5.75 Å². The number of benzene rings is 2. The molecule has 4 aliphatic carbocycles. The van der Waals surface area contributed by atoms with Gasteiger partial charge in [-0.2, -0.15) is 0 Å². The molecule has 2 aromatic rings. The Labute approximate surface area is 184 Å². The Balaban J connectivity index is 1.29. The molecular formula is C26H31ClFNO. The zero-order chi connectivity index (χ0) is 21.0. The highest BCUT2D eigenvalue weighted by molar-refractivity contribution is 6.31. The fourth-order valence-corrected chi connectivity index (χ4v) is 7.73. The van der Waals surface area contributed by atoms with E-state index < -0.39 is 0 Å². The molecule has 6 rings (SSSR count). The Morgan fingerprint density at radius 3 is 2.43 bits per heavy atom. The second-order valence-electron chi connectivity index (χ2n) is 10.9. The summed E-state index contributed by atoms with van der Waals surface area (Å²) in [6.45, 7) is 6.16. The minimum Gasteiger partial charge on any atom is -0.489 e. The number of halogens is 2. The molecular weight excluding hydrogens is 397 g/mol. The third kappa shape index (κ3) is 3.87. The summed E-state index contributed by atoms with van der Waals surface area (Å²) in [5, 5.41) is 4.40. The fraction of sp³-hybridized carbons (Fsp3) is 0.538. The largest absolute Gasteiger partial charge is 0.489 e. The first-order valence-electron chi connectivity index (χ1n) is 11.2. The number of para-hydroxylation sites is 1. The van der Waals surface area contributed by atoms with E-state index in [4.69, 9.17) is 16.3 Å². The van der Waals surface area contributed by atoms with Crippen molar-refractivity contribution in [2.24, 2.45) is 16.7 Å². The molecule has 2 unspecified atom stereocenters. The van der Waals surface area contributed by atoms with Crippen LogP contribution in [0.4, 0.5) is 4.39 Å². The van der Waals surface area contributed by atoms with Crippen LogP contribution in [0.25, 0.3) is 0 Å². The van der Waals surface area contributed by atoms with Gasteiger partial charge in [0.15, 0.2) is 0 Å². The number of nitrogens with one attached hydrogen (secondary N) is 1. The van der Waals surface area contributed by atoms with E-state index in [2.05, 4.69) is 31.3 Å². The van der Waals surface area contributed by atoms with Crippen molar-refractivity contribution in [2.45, 2.75) is 71.1 Å². The summed E-state index contributed by atoms with van der Waals surface area (Å²) in [5.41, 5.74) is 3.22. The standard InChI is InChI=1S/C26H31ClFNO/c1-24-10-18-11-25(2,15-24)17-26(12-18,16-24)29-13-19-5-3-4-6-23(19)30-14-20-7-8-21(28)9-22(20)27/h3-9,18,29H,10-17H2,1-2H3. The van der Waals surface area contributed by atoms with Crippen molar-refractivity contribution in [3.05, 3.63) is 64.4 Å². The molecule has 2 aromatic carbocycles. The van der Waals surface area contributed by atoms with Gasteiger partial charge in [0.25, 0.3) is 0 Å². The molecule has 160 valence electrons. The summed E-state index contributed by atoms with van der Waals surface area (Å²) in [7, 11) is 0. The van der Waals surface area contributed by atoms with Gasteiger partial charge in [-0.3, -0.25) is 0 Å². The van der Waals surface area contributed by atoms with Crippen LogP contribution in [0.15, 0.2) is 42.5 Å². The topological polar surface area (TPSA) is 21.3 Å². The maximum Gasteiger partial charge on any atom is 0.124 e. The summed E-state index contributed by atoms with van der Waals surface area (Å²) in [5.74, 6) is 1.41. The SMILES string of the molecule is CC12CC3CC(C)(C1)CC(NCc1ccccc1OCc1ccc(F)cc1Cl)(C3)C2. The van der Waals surface area contributed by atoms with Crippen molar-refractivity contribution in [1.82, 2.24) is 5.32 Å². The minimum absolute atomic E-state index is 0.260. The molecule has 2 atom stereocenters. The van der Waals surface area contributed by atoms with E-state index in [1.54, 1.807) is 6.07 Å². The van der Waals surface area contributed by atoms with Crippen LogP contribution in [-0.2, 0) is 13.2 Å². The van der Waals surface area contributed by atoms with Gasteiger partial charge in [0.05, 0.1) is 5.02 Å². The highest BCUT2D eigenvalue weighted by Crippen LogP contribution is 2.66. The molecule has 0 heterocycles. The lowest BCUT2D eigenvalue weighted by Gasteiger charge is -2.65. The van der Waals surface area contributed by atoms with Gasteiger partial charge in [-0.25, -0.2) is 4.39 Å². The van der Waals surface area contributed by atoms with Crippen molar-refractivity contribution >= 4 is 11.6 Å². The van der Waals surface area contributed by atoms with Gasteiger partial charge in [-0.15, -0.1) is 0 Å². The summed E-state index contributed by atoms with van der Waals surface area (Å²) in [4.78, 5) is 0. The third-order valence-electron chi connectivity index (χ3n) is 7.65. The van der Waals surface area contributed by atoms with E-state index in [0.29, 0.717) is 22.5 Å². The number of rotatable bonds is 6. The van der Waals surface area contributed by atoms with E-state index in [1.165, 1.54) is 56.2 Å². The molecule has 0 aliphatic heterocycles. The van der Waals surface area contributed by atoms with E-state index in [9.17, 15) is 4.39 Å². The minimum atomic E-state index is -0.327. The van der Waals surface area contributed by atoms with Crippen molar-refractivity contribution in [3.8, 4) is 5.75 Å². The fourth-order valence-electron chi connectivity index (χ4n) is 7.51. The number of hydrogen-bond donors (Lipinski definition) is 1. The average Bonchev–Trinajstić information content (AvgIpc) is 2.63. The normalized spacial score (nSPS) is 34.3. The molecule has 0 spiro atoms. The van der Waals surface area contributed by atoms with Crippen LogP contribution in [0.2, 0.25) is 5.02 Å². The Bertz CT molecular complexity index is 942. The number of ether oxygens (including phenoxy) is 1. The van der Waals surface area contributed by atoms with Crippen molar-refractivity contribution in [2.75, 3.05) is 0 Å². The molecule has 4 bridgehead atoms. The van der Waals surface area contributed by atoms with Gasteiger partial charge in [-0.1, -0.05) is 49.7 Å². The summed E-state index contributed by atoms with van der Waals surface area (Å²) >= 11 is 6.17. The summed E-state index contributed by atoms with van der Waals surface area (Å²) in [6, 6.07) is 12.7. The lowest BCUT2D eigenvalue weighted by Crippen LogP contribution is -2.63. The monoisotopic (exact) mass is 427 g/mol. The van der Waals surface area contributed by atoms with Crippen molar-refractivity contribution in [3.63, 3.8) is 0 Å². The first-order chi connectivity index (χ1) is 14.3. The van der Waals surface area contributed by atoms with Crippen molar-refractivity contribution < 1.29 is 9.13 Å². The molecule has 4 saturated carbocycles. The van der Waals surface area contributed by atoms with E-state index in [0.717, 1.165) is 23.8 Å². The average molecular weight is 428 g/mol. The maximum atomic E-state index is 13.3. The quantitative estimate of drug-likeness (QED) is 0.541. The number of hydrogen-bond acceptors (Lipinski definition) is 2. The van der Waals surface area contributed by atoms with Crippen LogP contribution in [-0.4, -0.2) is 5.54 Å².